The summed E-state index contributed by atoms with van der Waals surface area (Å²) in [5.41, 5.74) is -0.669. The molecule has 104 valence electrons. The summed E-state index contributed by atoms with van der Waals surface area (Å²) >= 11 is 1.88. The highest BCUT2D eigenvalue weighted by atomic mass is 32.2. The zero-order valence-electron chi connectivity index (χ0n) is 11.2. The highest BCUT2D eigenvalue weighted by Crippen LogP contribution is 2.27. The van der Waals surface area contributed by atoms with Crippen LogP contribution in [0, 0.1) is 0 Å². The van der Waals surface area contributed by atoms with Crippen LogP contribution in [0.15, 0.2) is 0 Å². The van der Waals surface area contributed by atoms with Crippen molar-refractivity contribution in [2.75, 3.05) is 31.1 Å². The minimum absolute atomic E-state index is 0.0513. The van der Waals surface area contributed by atoms with Crippen LogP contribution in [-0.2, 0) is 4.79 Å². The Morgan fingerprint density at radius 3 is 2.67 bits per heavy atom. The van der Waals surface area contributed by atoms with Crippen LogP contribution in [0.25, 0.3) is 0 Å². The van der Waals surface area contributed by atoms with E-state index in [0.717, 1.165) is 30.9 Å². The molecule has 1 saturated heterocycles. The smallest absolute Gasteiger partial charge is 0.234 e. The maximum Gasteiger partial charge on any atom is 0.234 e. The summed E-state index contributed by atoms with van der Waals surface area (Å²) in [6, 6.07) is 0.620. The van der Waals surface area contributed by atoms with Crippen molar-refractivity contribution >= 4 is 17.7 Å². The first kappa shape index (κ1) is 14.2. The highest BCUT2D eigenvalue weighted by molar-refractivity contribution is 7.99. The van der Waals surface area contributed by atoms with E-state index < -0.39 is 5.60 Å². The third kappa shape index (κ3) is 4.14. The predicted octanol–water partition coefficient (Wildman–Crippen LogP) is 0.845. The molecule has 0 aromatic carbocycles. The van der Waals surface area contributed by atoms with Gasteiger partial charge in [0.15, 0.2) is 0 Å². The summed E-state index contributed by atoms with van der Waals surface area (Å²) in [6.07, 6.45) is 4.03. The summed E-state index contributed by atoms with van der Waals surface area (Å²) in [7, 11) is 0. The number of nitrogens with zero attached hydrogens (tertiary/aromatic N) is 1. The van der Waals surface area contributed by atoms with E-state index in [4.69, 9.17) is 0 Å². The van der Waals surface area contributed by atoms with Crippen molar-refractivity contribution < 1.29 is 9.90 Å². The van der Waals surface area contributed by atoms with Crippen molar-refractivity contribution in [2.24, 2.45) is 0 Å². The van der Waals surface area contributed by atoms with Crippen LogP contribution < -0.4 is 5.32 Å². The van der Waals surface area contributed by atoms with Crippen LogP contribution in [-0.4, -0.2) is 58.7 Å². The Hall–Kier alpha value is -0.260. The predicted molar refractivity (Wildman–Crippen MR) is 74.8 cm³/mol. The number of amides is 1. The van der Waals surface area contributed by atoms with E-state index in [9.17, 15) is 9.90 Å². The van der Waals surface area contributed by atoms with Gasteiger partial charge >= 0.3 is 0 Å². The molecule has 1 aliphatic carbocycles. The Morgan fingerprint density at radius 1 is 1.44 bits per heavy atom. The number of nitrogens with one attached hydrogen (secondary N) is 1. The van der Waals surface area contributed by atoms with Crippen LogP contribution in [0.3, 0.4) is 0 Å². The fourth-order valence-corrected chi connectivity index (χ4v) is 3.62. The summed E-state index contributed by atoms with van der Waals surface area (Å²) < 4.78 is 0. The Bertz CT molecular complexity index is 289. The van der Waals surface area contributed by atoms with Crippen molar-refractivity contribution in [2.45, 2.75) is 44.2 Å². The topological polar surface area (TPSA) is 52.6 Å². The van der Waals surface area contributed by atoms with Crippen molar-refractivity contribution in [1.82, 2.24) is 10.2 Å². The maximum absolute atomic E-state index is 11.9. The van der Waals surface area contributed by atoms with Gasteiger partial charge in [0.05, 0.1) is 12.1 Å². The Labute approximate surface area is 113 Å². The van der Waals surface area contributed by atoms with Gasteiger partial charge in [0, 0.05) is 12.6 Å². The third-order valence-corrected chi connectivity index (χ3v) is 4.84. The van der Waals surface area contributed by atoms with Crippen LogP contribution in [0.5, 0.6) is 0 Å². The summed E-state index contributed by atoms with van der Waals surface area (Å²) in [5.74, 6) is 2.04. The van der Waals surface area contributed by atoms with Crippen molar-refractivity contribution in [3.63, 3.8) is 0 Å². The molecule has 1 saturated carbocycles. The maximum atomic E-state index is 11.9. The van der Waals surface area contributed by atoms with Gasteiger partial charge in [-0.2, -0.15) is 11.8 Å². The first-order valence-electron chi connectivity index (χ1n) is 6.94. The molecular weight excluding hydrogens is 248 g/mol. The first-order valence-corrected chi connectivity index (χ1v) is 8.09. The number of hydrogen-bond donors (Lipinski definition) is 2. The number of rotatable bonds is 6. The largest absolute Gasteiger partial charge is 0.388 e. The number of hydrogen-bond acceptors (Lipinski definition) is 4. The van der Waals surface area contributed by atoms with Gasteiger partial charge in [0.1, 0.15) is 0 Å². The number of thioether (sulfide) groups is 1. The molecule has 0 atom stereocenters. The molecule has 0 spiro atoms. The summed E-state index contributed by atoms with van der Waals surface area (Å²) in [4.78, 5) is 14.1. The van der Waals surface area contributed by atoms with Gasteiger partial charge in [-0.3, -0.25) is 9.69 Å². The molecule has 2 rings (SSSR count). The molecule has 0 radical (unpaired) electrons. The second-order valence-electron chi connectivity index (χ2n) is 5.41. The quantitative estimate of drug-likeness (QED) is 0.752. The van der Waals surface area contributed by atoms with Gasteiger partial charge < -0.3 is 10.4 Å². The minimum Gasteiger partial charge on any atom is -0.388 e. The molecule has 2 N–H and O–H groups in total. The van der Waals surface area contributed by atoms with Crippen molar-refractivity contribution in [3.8, 4) is 0 Å². The minimum atomic E-state index is -0.669. The van der Waals surface area contributed by atoms with Crippen LogP contribution in [0.2, 0.25) is 0 Å². The molecular formula is C13H24N2O2S. The van der Waals surface area contributed by atoms with E-state index in [1.807, 2.05) is 11.8 Å². The molecule has 0 aromatic heterocycles. The normalized spacial score (nSPS) is 23.1. The standard InChI is InChI=1S/C13H24N2O2S/c1-2-15(11-3-4-11)9-12(16)14-10-13(17)5-7-18-8-6-13/h11,17H,2-10H2,1H3,(H,14,16). The lowest BCUT2D eigenvalue weighted by molar-refractivity contribution is -0.123. The van der Waals surface area contributed by atoms with E-state index in [1.165, 1.54) is 12.8 Å². The van der Waals surface area contributed by atoms with Gasteiger partial charge in [0.25, 0.3) is 0 Å². The van der Waals surface area contributed by atoms with Gasteiger partial charge in [-0.25, -0.2) is 0 Å². The lowest BCUT2D eigenvalue weighted by Crippen LogP contribution is -2.48. The number of carbonyl (C=O) groups is 1. The van der Waals surface area contributed by atoms with Gasteiger partial charge in [0.2, 0.25) is 5.91 Å². The molecule has 1 amide bonds. The summed E-state index contributed by atoms with van der Waals surface area (Å²) in [5, 5.41) is 13.2. The second kappa shape index (κ2) is 6.26. The average molecular weight is 272 g/mol. The van der Waals surface area contributed by atoms with Crippen molar-refractivity contribution in [3.05, 3.63) is 0 Å². The monoisotopic (exact) mass is 272 g/mol. The average Bonchev–Trinajstić information content (AvgIpc) is 3.19. The fourth-order valence-electron chi connectivity index (χ4n) is 2.37. The summed E-state index contributed by atoms with van der Waals surface area (Å²) in [6.45, 7) is 3.91. The van der Waals surface area contributed by atoms with Crippen LogP contribution in [0.1, 0.15) is 32.6 Å². The fraction of sp³-hybridized carbons (Fsp3) is 0.923. The lowest BCUT2D eigenvalue weighted by atomic mass is 9.97. The van der Waals surface area contributed by atoms with Gasteiger partial charge in [-0.05, 0) is 43.7 Å². The van der Waals surface area contributed by atoms with Crippen LogP contribution in [0.4, 0.5) is 0 Å². The van der Waals surface area contributed by atoms with Crippen LogP contribution >= 0.6 is 11.8 Å². The highest BCUT2D eigenvalue weighted by Gasteiger charge is 2.31. The number of likely N-dealkylation sites (N-methyl/N-ethyl adjacent to an activating group) is 1. The van der Waals surface area contributed by atoms with Crippen molar-refractivity contribution in [1.29, 1.82) is 0 Å². The Kier molecular flexibility index (Phi) is 4.92. The third-order valence-electron chi connectivity index (χ3n) is 3.85. The Morgan fingerprint density at radius 2 is 2.11 bits per heavy atom. The number of aliphatic hydroxyl groups is 1. The van der Waals surface area contributed by atoms with E-state index in [1.54, 1.807) is 0 Å². The molecule has 1 heterocycles. The van der Waals surface area contributed by atoms with E-state index in [2.05, 4.69) is 17.1 Å². The number of carbonyl (C=O) groups excluding carboxylic acids is 1. The molecule has 2 aliphatic rings. The lowest BCUT2D eigenvalue weighted by Gasteiger charge is -2.32. The van der Waals surface area contributed by atoms with E-state index >= 15 is 0 Å². The molecule has 1 aliphatic heterocycles. The molecule has 18 heavy (non-hydrogen) atoms. The van der Waals surface area contributed by atoms with Gasteiger partial charge in [-0.15, -0.1) is 0 Å². The van der Waals surface area contributed by atoms with E-state index in [-0.39, 0.29) is 5.91 Å². The SMILES string of the molecule is CCN(CC(=O)NCC1(O)CCSCC1)C1CC1. The molecule has 2 fully saturated rings. The molecule has 4 nitrogen and oxygen atoms in total. The molecule has 0 bridgehead atoms. The molecule has 5 heteroatoms. The zero-order chi connectivity index (χ0) is 13.0. The second-order valence-corrected chi connectivity index (χ2v) is 6.63. The first-order chi connectivity index (χ1) is 8.63. The zero-order valence-corrected chi connectivity index (χ0v) is 12.0. The molecule has 0 aromatic rings. The Balaban J connectivity index is 1.70. The van der Waals surface area contributed by atoms with E-state index in [0.29, 0.717) is 19.1 Å². The van der Waals surface area contributed by atoms with Gasteiger partial charge in [-0.1, -0.05) is 6.92 Å². The molecule has 0 unspecified atom stereocenters.